The van der Waals surface area contributed by atoms with Crippen LogP contribution < -0.4 is 5.32 Å². The quantitative estimate of drug-likeness (QED) is 0.828. The van der Waals surface area contributed by atoms with E-state index < -0.39 is 0 Å². The predicted octanol–water partition coefficient (Wildman–Crippen LogP) is 4.46. The number of nitrogens with one attached hydrogen (secondary N) is 1. The maximum atomic E-state index is 12.9. The Kier molecular flexibility index (Phi) is 5.24. The summed E-state index contributed by atoms with van der Waals surface area (Å²) in [7, 11) is 0. The fourth-order valence-electron chi connectivity index (χ4n) is 2.23. The summed E-state index contributed by atoms with van der Waals surface area (Å²) in [4.78, 5) is 0.969. The van der Waals surface area contributed by atoms with E-state index in [1.165, 1.54) is 12.1 Å². The molecule has 2 aromatic carbocycles. The molecular formula is C17H17FN2S. The molecule has 0 aliphatic heterocycles. The summed E-state index contributed by atoms with van der Waals surface area (Å²) in [6.45, 7) is 2.05. The molecule has 0 aliphatic rings. The van der Waals surface area contributed by atoms with Crippen LogP contribution in [0.3, 0.4) is 0 Å². The average Bonchev–Trinajstić information content (AvgIpc) is 2.49. The van der Waals surface area contributed by atoms with Crippen LogP contribution >= 0.6 is 11.8 Å². The number of anilines is 1. The third-order valence-electron chi connectivity index (χ3n) is 3.21. The Morgan fingerprint density at radius 3 is 2.57 bits per heavy atom. The smallest absolute Gasteiger partial charge is 0.123 e. The van der Waals surface area contributed by atoms with Crippen LogP contribution in [0.4, 0.5) is 10.1 Å². The lowest BCUT2D eigenvalue weighted by Gasteiger charge is -2.17. The van der Waals surface area contributed by atoms with Gasteiger partial charge in [0.05, 0.1) is 11.3 Å². The summed E-state index contributed by atoms with van der Waals surface area (Å²) < 4.78 is 12.9. The van der Waals surface area contributed by atoms with Crippen molar-refractivity contribution in [2.45, 2.75) is 24.3 Å². The summed E-state index contributed by atoms with van der Waals surface area (Å²) >= 11 is 1.56. The summed E-state index contributed by atoms with van der Waals surface area (Å²) in [5.74, 6) is -0.223. The molecule has 1 N–H and O–H groups in total. The van der Waals surface area contributed by atoms with E-state index in [1.807, 2.05) is 24.5 Å². The fourth-order valence-corrected chi connectivity index (χ4v) is 2.80. The third-order valence-corrected chi connectivity index (χ3v) is 4.00. The topological polar surface area (TPSA) is 35.8 Å². The van der Waals surface area contributed by atoms with E-state index in [4.69, 9.17) is 0 Å². The van der Waals surface area contributed by atoms with Gasteiger partial charge in [0.25, 0.3) is 0 Å². The number of halogens is 1. The van der Waals surface area contributed by atoms with Crippen LogP contribution in [0.1, 0.15) is 18.1 Å². The van der Waals surface area contributed by atoms with Crippen molar-refractivity contribution in [3.63, 3.8) is 0 Å². The van der Waals surface area contributed by atoms with Crippen LogP contribution in [0.5, 0.6) is 0 Å². The van der Waals surface area contributed by atoms with Crippen molar-refractivity contribution in [1.82, 2.24) is 0 Å². The molecule has 0 spiro atoms. The highest BCUT2D eigenvalue weighted by Gasteiger charge is 2.10. The Morgan fingerprint density at radius 1 is 1.24 bits per heavy atom. The second-order valence-electron chi connectivity index (χ2n) is 4.87. The van der Waals surface area contributed by atoms with E-state index in [2.05, 4.69) is 18.3 Å². The molecule has 2 aromatic rings. The molecule has 108 valence electrons. The molecule has 0 saturated carbocycles. The summed E-state index contributed by atoms with van der Waals surface area (Å²) in [6, 6.07) is 14.7. The highest BCUT2D eigenvalue weighted by Crippen LogP contribution is 2.27. The zero-order valence-corrected chi connectivity index (χ0v) is 12.9. The first kappa shape index (κ1) is 15.4. The van der Waals surface area contributed by atoms with Gasteiger partial charge in [0.2, 0.25) is 0 Å². The first-order valence-electron chi connectivity index (χ1n) is 6.72. The van der Waals surface area contributed by atoms with Crippen LogP contribution in [0.15, 0.2) is 47.4 Å². The van der Waals surface area contributed by atoms with Gasteiger partial charge < -0.3 is 5.32 Å². The molecule has 4 heteroatoms. The zero-order valence-electron chi connectivity index (χ0n) is 12.1. The lowest BCUT2D eigenvalue weighted by molar-refractivity contribution is 0.626. The molecule has 0 saturated heterocycles. The molecule has 1 atom stereocenters. The maximum absolute atomic E-state index is 12.9. The lowest BCUT2D eigenvalue weighted by atomic mass is 10.1. The van der Waals surface area contributed by atoms with Crippen molar-refractivity contribution in [2.75, 3.05) is 11.6 Å². The molecule has 0 radical (unpaired) electrons. The minimum atomic E-state index is -0.223. The largest absolute Gasteiger partial charge is 0.381 e. The first-order chi connectivity index (χ1) is 10.1. The molecule has 0 bridgehead atoms. The van der Waals surface area contributed by atoms with Gasteiger partial charge in [0, 0.05) is 10.9 Å². The molecule has 0 aliphatic carbocycles. The Bertz CT molecular complexity index is 647. The molecular weight excluding hydrogens is 283 g/mol. The number of nitrogens with zero attached hydrogens (tertiary/aromatic N) is 1. The SMILES string of the molecule is CSc1cccc(NC(C)Cc2ccc(F)cc2)c1C#N. The molecule has 0 aromatic heterocycles. The highest BCUT2D eigenvalue weighted by atomic mass is 32.2. The van der Waals surface area contributed by atoms with Gasteiger partial charge in [0.1, 0.15) is 11.9 Å². The minimum absolute atomic E-state index is 0.152. The first-order valence-corrected chi connectivity index (χ1v) is 7.94. The van der Waals surface area contributed by atoms with Crippen molar-refractivity contribution < 1.29 is 4.39 Å². The maximum Gasteiger partial charge on any atom is 0.123 e. The van der Waals surface area contributed by atoms with Crippen molar-refractivity contribution in [3.05, 3.63) is 59.4 Å². The Hall–Kier alpha value is -1.99. The van der Waals surface area contributed by atoms with Crippen LogP contribution in [0.2, 0.25) is 0 Å². The Balaban J connectivity index is 2.11. The van der Waals surface area contributed by atoms with Gasteiger partial charge in [-0.05, 0) is 49.4 Å². The van der Waals surface area contributed by atoms with Crippen molar-refractivity contribution >= 4 is 17.4 Å². The van der Waals surface area contributed by atoms with E-state index in [0.717, 1.165) is 22.6 Å². The normalized spacial score (nSPS) is 11.7. The molecule has 0 amide bonds. The molecule has 0 fully saturated rings. The predicted molar refractivity (Wildman–Crippen MR) is 86.1 cm³/mol. The third kappa shape index (κ3) is 3.99. The van der Waals surface area contributed by atoms with Gasteiger partial charge in [0.15, 0.2) is 0 Å². The second-order valence-corrected chi connectivity index (χ2v) is 5.72. The van der Waals surface area contributed by atoms with E-state index in [9.17, 15) is 9.65 Å². The van der Waals surface area contributed by atoms with Gasteiger partial charge in [-0.1, -0.05) is 18.2 Å². The number of hydrogen-bond acceptors (Lipinski definition) is 3. The van der Waals surface area contributed by atoms with Gasteiger partial charge in [-0.15, -0.1) is 11.8 Å². The van der Waals surface area contributed by atoms with Crippen molar-refractivity contribution in [1.29, 1.82) is 5.26 Å². The van der Waals surface area contributed by atoms with Crippen molar-refractivity contribution in [3.8, 4) is 6.07 Å². The van der Waals surface area contributed by atoms with Gasteiger partial charge >= 0.3 is 0 Å². The molecule has 2 rings (SSSR count). The highest BCUT2D eigenvalue weighted by molar-refractivity contribution is 7.98. The standard InChI is InChI=1S/C17H17FN2S/c1-12(10-13-6-8-14(18)9-7-13)20-16-4-3-5-17(21-2)15(16)11-19/h3-9,12,20H,10H2,1-2H3. The van der Waals surface area contributed by atoms with E-state index >= 15 is 0 Å². The number of nitriles is 1. The van der Waals surface area contributed by atoms with Gasteiger partial charge in [-0.3, -0.25) is 0 Å². The van der Waals surface area contributed by atoms with Gasteiger partial charge in [-0.25, -0.2) is 4.39 Å². The van der Waals surface area contributed by atoms with E-state index in [-0.39, 0.29) is 11.9 Å². The Morgan fingerprint density at radius 2 is 1.95 bits per heavy atom. The summed E-state index contributed by atoms with van der Waals surface area (Å²) in [5, 5.41) is 12.7. The molecule has 2 nitrogen and oxygen atoms in total. The molecule has 21 heavy (non-hydrogen) atoms. The zero-order chi connectivity index (χ0) is 15.2. The van der Waals surface area contributed by atoms with Crippen LogP contribution in [0.25, 0.3) is 0 Å². The van der Waals surface area contributed by atoms with Crippen LogP contribution in [-0.2, 0) is 6.42 Å². The number of thioether (sulfide) groups is 1. The van der Waals surface area contributed by atoms with Crippen LogP contribution in [-0.4, -0.2) is 12.3 Å². The number of benzene rings is 2. The number of rotatable bonds is 5. The Labute approximate surface area is 129 Å². The monoisotopic (exact) mass is 300 g/mol. The molecule has 1 unspecified atom stereocenters. The lowest BCUT2D eigenvalue weighted by Crippen LogP contribution is -2.18. The fraction of sp³-hybridized carbons (Fsp3) is 0.235. The van der Waals surface area contributed by atoms with Crippen molar-refractivity contribution in [2.24, 2.45) is 0 Å². The minimum Gasteiger partial charge on any atom is -0.381 e. The number of hydrogen-bond donors (Lipinski definition) is 1. The summed E-state index contributed by atoms with van der Waals surface area (Å²) in [5.41, 5.74) is 2.59. The van der Waals surface area contributed by atoms with Gasteiger partial charge in [-0.2, -0.15) is 5.26 Å². The van der Waals surface area contributed by atoms with E-state index in [1.54, 1.807) is 23.9 Å². The molecule has 0 heterocycles. The average molecular weight is 300 g/mol. The second kappa shape index (κ2) is 7.14. The van der Waals surface area contributed by atoms with E-state index in [0.29, 0.717) is 5.56 Å². The summed E-state index contributed by atoms with van der Waals surface area (Å²) in [6.07, 6.45) is 2.73. The van der Waals surface area contributed by atoms with Crippen LogP contribution in [0, 0.1) is 17.1 Å².